The number of hydrogen-bond donors (Lipinski definition) is 2. The minimum absolute atomic E-state index is 0.0536. The summed E-state index contributed by atoms with van der Waals surface area (Å²) in [6.07, 6.45) is 6.50. The van der Waals surface area contributed by atoms with Gasteiger partial charge in [0, 0.05) is 6.54 Å². The zero-order valence-electron chi connectivity index (χ0n) is 9.57. The molecule has 0 aromatic carbocycles. The van der Waals surface area contributed by atoms with Gasteiger partial charge in [-0.2, -0.15) is 4.98 Å². The van der Waals surface area contributed by atoms with Crippen LogP contribution in [-0.2, 0) is 0 Å². The summed E-state index contributed by atoms with van der Waals surface area (Å²) in [4.78, 5) is 8.42. The Labute approximate surface area is 95.4 Å². The molecule has 1 saturated carbocycles. The first-order chi connectivity index (χ1) is 7.78. The molecule has 0 bridgehead atoms. The summed E-state index contributed by atoms with van der Waals surface area (Å²) in [6, 6.07) is 0. The van der Waals surface area contributed by atoms with Gasteiger partial charge in [0.2, 0.25) is 5.88 Å². The highest BCUT2D eigenvalue weighted by Crippen LogP contribution is 2.37. The lowest BCUT2D eigenvalue weighted by Gasteiger charge is -2.15. The molecular formula is C11H18N4O. The van der Waals surface area contributed by atoms with Crippen molar-refractivity contribution in [1.82, 2.24) is 9.97 Å². The number of ether oxygens (including phenoxy) is 1. The average molecular weight is 222 g/mol. The van der Waals surface area contributed by atoms with Crippen LogP contribution in [0.25, 0.3) is 0 Å². The number of nitrogens with two attached hydrogens (primary N) is 1. The van der Waals surface area contributed by atoms with Crippen LogP contribution in [0.1, 0.15) is 26.2 Å². The van der Waals surface area contributed by atoms with Gasteiger partial charge in [0.25, 0.3) is 0 Å². The number of aromatic nitrogens is 2. The van der Waals surface area contributed by atoms with Gasteiger partial charge in [-0.1, -0.05) is 6.92 Å². The van der Waals surface area contributed by atoms with E-state index in [2.05, 4.69) is 22.2 Å². The molecule has 0 aliphatic heterocycles. The van der Waals surface area contributed by atoms with Gasteiger partial charge in [-0.3, -0.25) is 4.98 Å². The van der Waals surface area contributed by atoms with Gasteiger partial charge >= 0.3 is 0 Å². The molecule has 16 heavy (non-hydrogen) atoms. The Balaban J connectivity index is 1.99. The van der Waals surface area contributed by atoms with Gasteiger partial charge in [0.1, 0.15) is 5.82 Å². The molecule has 1 aromatic heterocycles. The minimum atomic E-state index is 0.0536. The van der Waals surface area contributed by atoms with Gasteiger partial charge in [0.15, 0.2) is 0 Å². The van der Waals surface area contributed by atoms with Crippen LogP contribution in [0.15, 0.2) is 12.4 Å². The standard InChI is InChI=1S/C11H18N4O/c1-2-5-16-10-7-13-6-9(14-10)15-11(8-12)3-4-11/h6-7H,2-5,8,12H2,1H3,(H,14,15). The van der Waals surface area contributed by atoms with Crippen LogP contribution in [0.3, 0.4) is 0 Å². The SMILES string of the molecule is CCCOc1cncc(NC2(CN)CC2)n1. The molecule has 0 unspecified atom stereocenters. The van der Waals surface area contributed by atoms with E-state index in [1.807, 2.05) is 0 Å². The molecule has 1 aliphatic carbocycles. The fourth-order valence-corrected chi connectivity index (χ4v) is 1.49. The second-order valence-electron chi connectivity index (χ2n) is 4.20. The van der Waals surface area contributed by atoms with E-state index < -0.39 is 0 Å². The summed E-state index contributed by atoms with van der Waals surface area (Å²) in [5.74, 6) is 1.32. The second kappa shape index (κ2) is 4.65. The molecule has 0 atom stereocenters. The van der Waals surface area contributed by atoms with E-state index >= 15 is 0 Å². The first-order valence-electron chi connectivity index (χ1n) is 5.71. The van der Waals surface area contributed by atoms with Crippen molar-refractivity contribution in [2.45, 2.75) is 31.7 Å². The summed E-state index contributed by atoms with van der Waals surface area (Å²) in [5.41, 5.74) is 5.75. The largest absolute Gasteiger partial charge is 0.477 e. The molecule has 5 nitrogen and oxygen atoms in total. The Morgan fingerprint density at radius 1 is 1.50 bits per heavy atom. The molecule has 5 heteroatoms. The highest BCUT2D eigenvalue weighted by molar-refractivity contribution is 5.40. The Hall–Kier alpha value is -1.36. The van der Waals surface area contributed by atoms with Gasteiger partial charge in [-0.25, -0.2) is 0 Å². The predicted octanol–water partition coefficient (Wildman–Crippen LogP) is 1.17. The molecule has 1 heterocycles. The van der Waals surface area contributed by atoms with Crippen LogP contribution in [0.4, 0.5) is 5.82 Å². The number of anilines is 1. The molecule has 0 saturated heterocycles. The first kappa shape index (κ1) is 11.1. The molecule has 1 aromatic rings. The summed E-state index contributed by atoms with van der Waals surface area (Å²) in [5, 5.41) is 3.32. The van der Waals surface area contributed by atoms with E-state index in [-0.39, 0.29) is 5.54 Å². The molecule has 1 fully saturated rings. The molecule has 0 spiro atoms. The Bertz CT molecular complexity index is 352. The van der Waals surface area contributed by atoms with Crippen molar-refractivity contribution in [2.24, 2.45) is 5.73 Å². The lowest BCUT2D eigenvalue weighted by Crippen LogP contribution is -2.31. The third kappa shape index (κ3) is 2.61. The zero-order chi connectivity index (χ0) is 11.4. The molecule has 0 radical (unpaired) electrons. The van der Waals surface area contributed by atoms with Crippen LogP contribution in [0.5, 0.6) is 5.88 Å². The van der Waals surface area contributed by atoms with E-state index in [4.69, 9.17) is 10.5 Å². The number of hydrogen-bond acceptors (Lipinski definition) is 5. The van der Waals surface area contributed by atoms with Crippen molar-refractivity contribution in [2.75, 3.05) is 18.5 Å². The second-order valence-corrected chi connectivity index (χ2v) is 4.20. The molecule has 2 rings (SSSR count). The Morgan fingerprint density at radius 2 is 2.31 bits per heavy atom. The zero-order valence-corrected chi connectivity index (χ0v) is 9.57. The van der Waals surface area contributed by atoms with E-state index in [9.17, 15) is 0 Å². The summed E-state index contributed by atoms with van der Waals surface area (Å²) < 4.78 is 5.42. The Kier molecular flexibility index (Phi) is 3.24. The predicted molar refractivity (Wildman–Crippen MR) is 62.5 cm³/mol. The van der Waals surface area contributed by atoms with Gasteiger partial charge < -0.3 is 15.8 Å². The maximum Gasteiger partial charge on any atom is 0.234 e. The molecule has 88 valence electrons. The monoisotopic (exact) mass is 222 g/mol. The quantitative estimate of drug-likeness (QED) is 0.755. The maximum absolute atomic E-state index is 5.69. The summed E-state index contributed by atoms with van der Waals surface area (Å²) in [6.45, 7) is 3.36. The fraction of sp³-hybridized carbons (Fsp3) is 0.636. The van der Waals surface area contributed by atoms with Crippen LogP contribution in [-0.4, -0.2) is 28.7 Å². The molecular weight excluding hydrogens is 204 g/mol. The van der Waals surface area contributed by atoms with Crippen molar-refractivity contribution in [1.29, 1.82) is 0 Å². The maximum atomic E-state index is 5.69. The van der Waals surface area contributed by atoms with E-state index in [1.54, 1.807) is 12.4 Å². The number of rotatable bonds is 6. The molecule has 1 aliphatic rings. The van der Waals surface area contributed by atoms with Crippen molar-refractivity contribution in [3.63, 3.8) is 0 Å². The Morgan fingerprint density at radius 3 is 2.94 bits per heavy atom. The van der Waals surface area contributed by atoms with Crippen LogP contribution in [0, 0.1) is 0 Å². The lowest BCUT2D eigenvalue weighted by atomic mass is 10.3. The third-order valence-electron chi connectivity index (χ3n) is 2.70. The molecule has 0 amide bonds. The summed E-state index contributed by atoms with van der Waals surface area (Å²) >= 11 is 0. The third-order valence-corrected chi connectivity index (χ3v) is 2.70. The van der Waals surface area contributed by atoms with Crippen LogP contribution >= 0.6 is 0 Å². The highest BCUT2D eigenvalue weighted by Gasteiger charge is 2.41. The van der Waals surface area contributed by atoms with Crippen molar-refractivity contribution < 1.29 is 4.74 Å². The van der Waals surface area contributed by atoms with Crippen LogP contribution in [0.2, 0.25) is 0 Å². The molecule has 3 N–H and O–H groups in total. The fourth-order valence-electron chi connectivity index (χ4n) is 1.49. The highest BCUT2D eigenvalue weighted by atomic mass is 16.5. The minimum Gasteiger partial charge on any atom is -0.477 e. The topological polar surface area (TPSA) is 73.1 Å². The van der Waals surface area contributed by atoms with Gasteiger partial charge in [-0.05, 0) is 19.3 Å². The first-order valence-corrected chi connectivity index (χ1v) is 5.71. The lowest BCUT2D eigenvalue weighted by molar-refractivity contribution is 0.304. The van der Waals surface area contributed by atoms with E-state index in [1.165, 1.54) is 0 Å². The van der Waals surface area contributed by atoms with Gasteiger partial charge in [0.05, 0.1) is 24.5 Å². The van der Waals surface area contributed by atoms with Gasteiger partial charge in [-0.15, -0.1) is 0 Å². The summed E-state index contributed by atoms with van der Waals surface area (Å²) in [7, 11) is 0. The van der Waals surface area contributed by atoms with Crippen LogP contribution < -0.4 is 15.8 Å². The van der Waals surface area contributed by atoms with Crippen molar-refractivity contribution >= 4 is 5.82 Å². The number of nitrogens with one attached hydrogen (secondary N) is 1. The smallest absolute Gasteiger partial charge is 0.234 e. The van der Waals surface area contributed by atoms with E-state index in [0.29, 0.717) is 19.0 Å². The average Bonchev–Trinajstić information content (AvgIpc) is 3.07. The van der Waals surface area contributed by atoms with E-state index in [0.717, 1.165) is 25.1 Å². The normalized spacial score (nSPS) is 16.9. The van der Waals surface area contributed by atoms with Crippen molar-refractivity contribution in [3.05, 3.63) is 12.4 Å². The number of nitrogens with zero attached hydrogens (tertiary/aromatic N) is 2. The van der Waals surface area contributed by atoms with Crippen molar-refractivity contribution in [3.8, 4) is 5.88 Å².